The molecule has 1 fully saturated rings. The van der Waals surface area contributed by atoms with Crippen LogP contribution in [-0.4, -0.2) is 41.8 Å². The molecule has 3 atom stereocenters. The van der Waals surface area contributed by atoms with E-state index in [4.69, 9.17) is 0 Å². The first-order valence-corrected chi connectivity index (χ1v) is 7.79. The van der Waals surface area contributed by atoms with E-state index in [2.05, 4.69) is 19.2 Å². The third kappa shape index (κ3) is 5.39. The summed E-state index contributed by atoms with van der Waals surface area (Å²) in [6, 6.07) is -0.0131. The molecule has 4 heteroatoms. The zero-order chi connectivity index (χ0) is 14.3. The van der Waals surface area contributed by atoms with E-state index in [1.54, 1.807) is 4.90 Å². The van der Waals surface area contributed by atoms with Crippen molar-refractivity contribution in [1.82, 2.24) is 10.2 Å². The summed E-state index contributed by atoms with van der Waals surface area (Å²) in [4.78, 5) is 13.8. The lowest BCUT2D eigenvalue weighted by atomic mass is 9.96. The van der Waals surface area contributed by atoms with Crippen molar-refractivity contribution >= 4 is 6.03 Å². The predicted octanol–water partition coefficient (Wildman–Crippen LogP) is 2.62. The van der Waals surface area contributed by atoms with Crippen LogP contribution in [0.25, 0.3) is 0 Å². The molecule has 1 heterocycles. The summed E-state index contributed by atoms with van der Waals surface area (Å²) in [7, 11) is 0. The van der Waals surface area contributed by atoms with Crippen LogP contribution in [-0.2, 0) is 0 Å². The van der Waals surface area contributed by atoms with Crippen molar-refractivity contribution in [1.29, 1.82) is 0 Å². The SMILES string of the molecule is CCCCC(CC)CNC(=O)N1CCC(C)C(O)C1. The van der Waals surface area contributed by atoms with Gasteiger partial charge in [0.15, 0.2) is 0 Å². The van der Waals surface area contributed by atoms with Gasteiger partial charge in [-0.2, -0.15) is 0 Å². The normalized spacial score (nSPS) is 25.2. The molecule has 4 nitrogen and oxygen atoms in total. The van der Waals surface area contributed by atoms with Gasteiger partial charge in [0.2, 0.25) is 0 Å². The Kier molecular flexibility index (Phi) is 7.21. The van der Waals surface area contributed by atoms with Gasteiger partial charge in [-0.25, -0.2) is 4.79 Å². The highest BCUT2D eigenvalue weighted by atomic mass is 16.3. The Morgan fingerprint density at radius 3 is 2.79 bits per heavy atom. The van der Waals surface area contributed by atoms with Crippen molar-refractivity contribution in [3.05, 3.63) is 0 Å². The van der Waals surface area contributed by atoms with Crippen molar-refractivity contribution in [3.63, 3.8) is 0 Å². The summed E-state index contributed by atoms with van der Waals surface area (Å²) in [6.45, 7) is 8.41. The molecule has 3 unspecified atom stereocenters. The fourth-order valence-corrected chi connectivity index (χ4v) is 2.52. The van der Waals surface area contributed by atoms with Crippen LogP contribution in [0.2, 0.25) is 0 Å². The molecular formula is C15H30N2O2. The minimum absolute atomic E-state index is 0.0131. The number of aliphatic hydroxyl groups excluding tert-OH is 1. The Balaban J connectivity index is 2.30. The van der Waals surface area contributed by atoms with E-state index in [9.17, 15) is 9.90 Å². The van der Waals surface area contributed by atoms with Gasteiger partial charge in [-0.3, -0.25) is 0 Å². The fourth-order valence-electron chi connectivity index (χ4n) is 2.52. The molecule has 0 aromatic rings. The molecule has 0 radical (unpaired) electrons. The molecule has 1 saturated heterocycles. The maximum Gasteiger partial charge on any atom is 0.317 e. The predicted molar refractivity (Wildman–Crippen MR) is 78.1 cm³/mol. The molecule has 112 valence electrons. The first kappa shape index (κ1) is 16.3. The van der Waals surface area contributed by atoms with Crippen molar-refractivity contribution < 1.29 is 9.90 Å². The first-order chi connectivity index (χ1) is 9.08. The Hall–Kier alpha value is -0.770. The van der Waals surface area contributed by atoms with Crippen LogP contribution in [0.1, 0.15) is 52.9 Å². The lowest BCUT2D eigenvalue weighted by Crippen LogP contribution is -2.50. The second kappa shape index (κ2) is 8.41. The first-order valence-electron chi connectivity index (χ1n) is 7.79. The van der Waals surface area contributed by atoms with E-state index in [0.29, 0.717) is 18.4 Å². The van der Waals surface area contributed by atoms with Crippen molar-refractivity contribution in [2.24, 2.45) is 11.8 Å². The van der Waals surface area contributed by atoms with Gasteiger partial charge in [0, 0.05) is 19.6 Å². The van der Waals surface area contributed by atoms with Crippen molar-refractivity contribution in [2.45, 2.75) is 59.0 Å². The Labute approximate surface area is 117 Å². The van der Waals surface area contributed by atoms with Crippen LogP contribution in [0.15, 0.2) is 0 Å². The average Bonchev–Trinajstić information content (AvgIpc) is 2.41. The summed E-state index contributed by atoms with van der Waals surface area (Å²) in [6.07, 6.45) is 5.25. The number of carbonyl (C=O) groups excluding carboxylic acids is 1. The number of aliphatic hydroxyl groups is 1. The van der Waals surface area contributed by atoms with Gasteiger partial charge < -0.3 is 15.3 Å². The monoisotopic (exact) mass is 270 g/mol. The Bertz CT molecular complexity index is 271. The second-order valence-corrected chi connectivity index (χ2v) is 5.88. The number of urea groups is 1. The van der Waals surface area contributed by atoms with Crippen molar-refractivity contribution in [2.75, 3.05) is 19.6 Å². The summed E-state index contributed by atoms with van der Waals surface area (Å²) < 4.78 is 0. The molecule has 2 amide bonds. The van der Waals surface area contributed by atoms with Crippen molar-refractivity contribution in [3.8, 4) is 0 Å². The highest BCUT2D eigenvalue weighted by molar-refractivity contribution is 5.74. The average molecular weight is 270 g/mol. The molecule has 0 aromatic carbocycles. The van der Waals surface area contributed by atoms with Gasteiger partial charge in [-0.15, -0.1) is 0 Å². The standard InChI is InChI=1S/C15H30N2O2/c1-4-6-7-13(5-2)10-16-15(19)17-9-8-12(3)14(18)11-17/h12-14,18H,4-11H2,1-3H3,(H,16,19). The number of amides is 2. The number of hydrogen-bond acceptors (Lipinski definition) is 2. The highest BCUT2D eigenvalue weighted by Gasteiger charge is 2.27. The van der Waals surface area contributed by atoms with E-state index in [-0.39, 0.29) is 12.1 Å². The zero-order valence-corrected chi connectivity index (χ0v) is 12.7. The number of hydrogen-bond donors (Lipinski definition) is 2. The minimum atomic E-state index is -0.374. The fraction of sp³-hybridized carbons (Fsp3) is 0.933. The van der Waals surface area contributed by atoms with Gasteiger partial charge in [-0.1, -0.05) is 40.0 Å². The molecule has 1 aliphatic heterocycles. The van der Waals surface area contributed by atoms with Crippen LogP contribution in [0.5, 0.6) is 0 Å². The van der Waals surface area contributed by atoms with E-state index >= 15 is 0 Å². The molecule has 0 bridgehead atoms. The van der Waals surface area contributed by atoms with Gasteiger partial charge >= 0.3 is 6.03 Å². The minimum Gasteiger partial charge on any atom is -0.391 e. The molecule has 19 heavy (non-hydrogen) atoms. The molecule has 0 aliphatic carbocycles. The number of carbonyl (C=O) groups is 1. The van der Waals surface area contributed by atoms with Crippen LogP contribution >= 0.6 is 0 Å². The third-order valence-electron chi connectivity index (χ3n) is 4.29. The number of nitrogens with one attached hydrogen (secondary N) is 1. The molecule has 0 spiro atoms. The molecule has 0 aromatic heterocycles. The van der Waals surface area contributed by atoms with Gasteiger partial charge in [0.1, 0.15) is 0 Å². The molecule has 2 N–H and O–H groups in total. The number of rotatable bonds is 6. The number of β-amino-alcohol motifs (C(OH)–C–C–N with tert-alkyl or cyclic N) is 1. The van der Waals surface area contributed by atoms with E-state index < -0.39 is 0 Å². The summed E-state index contributed by atoms with van der Waals surface area (Å²) in [5, 5.41) is 12.8. The molecule has 1 aliphatic rings. The van der Waals surface area contributed by atoms with Gasteiger partial charge in [0.05, 0.1) is 6.10 Å². The van der Waals surface area contributed by atoms with E-state index in [1.165, 1.54) is 19.3 Å². The van der Waals surface area contributed by atoms with Gasteiger partial charge in [0.25, 0.3) is 0 Å². The smallest absolute Gasteiger partial charge is 0.317 e. The van der Waals surface area contributed by atoms with E-state index in [0.717, 1.165) is 25.9 Å². The number of piperidine rings is 1. The van der Waals surface area contributed by atoms with E-state index in [1.807, 2.05) is 6.92 Å². The Morgan fingerprint density at radius 1 is 1.47 bits per heavy atom. The molecular weight excluding hydrogens is 240 g/mol. The zero-order valence-electron chi connectivity index (χ0n) is 12.7. The summed E-state index contributed by atoms with van der Waals surface area (Å²) in [5.74, 6) is 0.884. The topological polar surface area (TPSA) is 52.6 Å². The van der Waals surface area contributed by atoms with Crippen LogP contribution in [0.4, 0.5) is 4.79 Å². The lowest BCUT2D eigenvalue weighted by Gasteiger charge is -2.34. The Morgan fingerprint density at radius 2 is 2.21 bits per heavy atom. The maximum atomic E-state index is 12.0. The lowest BCUT2D eigenvalue weighted by molar-refractivity contribution is 0.0434. The molecule has 0 saturated carbocycles. The second-order valence-electron chi connectivity index (χ2n) is 5.88. The van der Waals surface area contributed by atoms with Gasteiger partial charge in [-0.05, 0) is 24.7 Å². The summed E-state index contributed by atoms with van der Waals surface area (Å²) in [5.41, 5.74) is 0. The van der Waals surface area contributed by atoms with Crippen LogP contribution in [0.3, 0.4) is 0 Å². The van der Waals surface area contributed by atoms with Crippen LogP contribution in [0, 0.1) is 11.8 Å². The van der Waals surface area contributed by atoms with Crippen LogP contribution < -0.4 is 5.32 Å². The number of likely N-dealkylation sites (tertiary alicyclic amines) is 1. The number of nitrogens with zero attached hydrogens (tertiary/aromatic N) is 1. The maximum absolute atomic E-state index is 12.0. The third-order valence-corrected chi connectivity index (χ3v) is 4.29. The summed E-state index contributed by atoms with van der Waals surface area (Å²) >= 11 is 0. The number of unbranched alkanes of at least 4 members (excludes halogenated alkanes) is 1. The largest absolute Gasteiger partial charge is 0.391 e. The highest BCUT2D eigenvalue weighted by Crippen LogP contribution is 2.17. The molecule has 1 rings (SSSR count). The quantitative estimate of drug-likeness (QED) is 0.779.